The number of likely N-dealkylation sites (N-methyl/N-ethyl adjacent to an activating group) is 2. The molecule has 1 saturated heterocycles. The third-order valence-corrected chi connectivity index (χ3v) is 4.49. The van der Waals surface area contributed by atoms with Crippen LogP contribution in [-0.2, 0) is 4.79 Å². The second-order valence-electron chi connectivity index (χ2n) is 6.20. The number of amides is 1. The first-order valence-electron chi connectivity index (χ1n) is 7.82. The first kappa shape index (κ1) is 17.4. The number of carbonyl (C=O) groups excluding carboxylic acids is 1. The summed E-state index contributed by atoms with van der Waals surface area (Å²) in [6, 6.07) is 0.657. The number of nitrogens with two attached hydrogens (primary N) is 1. The monoisotopic (exact) mass is 284 g/mol. The van der Waals surface area contributed by atoms with Crippen LogP contribution in [0.15, 0.2) is 0 Å². The maximum absolute atomic E-state index is 12.0. The molecule has 0 aliphatic carbocycles. The van der Waals surface area contributed by atoms with Gasteiger partial charge in [0.05, 0.1) is 0 Å². The SMILES string of the molecule is CCC(N)CC(=O)N(C)CCN(C)C1CCN(C)CC1. The smallest absolute Gasteiger partial charge is 0.223 e. The van der Waals surface area contributed by atoms with Crippen LogP contribution >= 0.6 is 0 Å². The maximum Gasteiger partial charge on any atom is 0.223 e. The van der Waals surface area contributed by atoms with Crippen LogP contribution in [0.3, 0.4) is 0 Å². The molecule has 1 atom stereocenters. The highest BCUT2D eigenvalue weighted by Crippen LogP contribution is 2.13. The molecule has 0 bridgehead atoms. The van der Waals surface area contributed by atoms with Crippen molar-refractivity contribution in [2.75, 3.05) is 47.3 Å². The van der Waals surface area contributed by atoms with E-state index in [2.05, 4.69) is 23.9 Å². The van der Waals surface area contributed by atoms with Gasteiger partial charge in [0.15, 0.2) is 0 Å². The lowest BCUT2D eigenvalue weighted by Crippen LogP contribution is -2.45. The number of rotatable bonds is 7. The van der Waals surface area contributed by atoms with Crippen molar-refractivity contribution < 1.29 is 4.79 Å². The van der Waals surface area contributed by atoms with Gasteiger partial charge in [-0.2, -0.15) is 0 Å². The minimum Gasteiger partial charge on any atom is -0.344 e. The fourth-order valence-corrected chi connectivity index (χ4v) is 2.58. The molecule has 118 valence electrons. The highest BCUT2D eigenvalue weighted by molar-refractivity contribution is 5.76. The molecule has 1 rings (SSSR count). The zero-order valence-corrected chi connectivity index (χ0v) is 13.6. The number of hydrogen-bond donors (Lipinski definition) is 1. The second kappa shape index (κ2) is 8.60. The highest BCUT2D eigenvalue weighted by atomic mass is 16.2. The lowest BCUT2D eigenvalue weighted by atomic mass is 10.0. The van der Waals surface area contributed by atoms with Crippen molar-refractivity contribution in [3.63, 3.8) is 0 Å². The van der Waals surface area contributed by atoms with E-state index in [0.717, 1.165) is 19.5 Å². The normalized spacial score (nSPS) is 19.3. The van der Waals surface area contributed by atoms with Crippen molar-refractivity contribution >= 4 is 5.91 Å². The third kappa shape index (κ3) is 5.77. The minimum absolute atomic E-state index is 0.00318. The molecule has 0 aromatic carbocycles. The molecular formula is C15H32N4O. The third-order valence-electron chi connectivity index (χ3n) is 4.49. The topological polar surface area (TPSA) is 52.8 Å². The van der Waals surface area contributed by atoms with Crippen LogP contribution in [0.4, 0.5) is 0 Å². The lowest BCUT2D eigenvalue weighted by Gasteiger charge is -2.35. The van der Waals surface area contributed by atoms with Gasteiger partial charge in [0.2, 0.25) is 5.91 Å². The average Bonchev–Trinajstić information content (AvgIpc) is 2.44. The van der Waals surface area contributed by atoms with Crippen LogP contribution in [0.1, 0.15) is 32.6 Å². The van der Waals surface area contributed by atoms with Crippen LogP contribution in [0.25, 0.3) is 0 Å². The summed E-state index contributed by atoms with van der Waals surface area (Å²) in [7, 11) is 6.24. The summed E-state index contributed by atoms with van der Waals surface area (Å²) in [4.78, 5) is 18.6. The first-order chi connectivity index (χ1) is 9.43. The Morgan fingerprint density at radius 3 is 2.45 bits per heavy atom. The van der Waals surface area contributed by atoms with Crippen molar-refractivity contribution in [1.29, 1.82) is 0 Å². The van der Waals surface area contributed by atoms with Crippen LogP contribution in [0.2, 0.25) is 0 Å². The Hall–Kier alpha value is -0.650. The molecular weight excluding hydrogens is 252 g/mol. The zero-order valence-electron chi connectivity index (χ0n) is 13.6. The zero-order chi connectivity index (χ0) is 15.1. The molecule has 1 unspecified atom stereocenters. The van der Waals surface area contributed by atoms with Crippen LogP contribution in [-0.4, -0.2) is 80.0 Å². The predicted molar refractivity (Wildman–Crippen MR) is 83.7 cm³/mol. The largest absolute Gasteiger partial charge is 0.344 e. The summed E-state index contributed by atoms with van der Waals surface area (Å²) in [5, 5.41) is 0. The number of likely N-dealkylation sites (tertiary alicyclic amines) is 1. The van der Waals surface area contributed by atoms with Gasteiger partial charge >= 0.3 is 0 Å². The molecule has 0 radical (unpaired) electrons. The summed E-state index contributed by atoms with van der Waals surface area (Å²) < 4.78 is 0. The Labute approximate surface area is 124 Å². The van der Waals surface area contributed by atoms with Gasteiger partial charge in [0, 0.05) is 38.6 Å². The molecule has 2 N–H and O–H groups in total. The van der Waals surface area contributed by atoms with Gasteiger partial charge in [0.25, 0.3) is 0 Å². The predicted octanol–water partition coefficient (Wildman–Crippen LogP) is 0.598. The molecule has 1 amide bonds. The minimum atomic E-state index is -0.00318. The Morgan fingerprint density at radius 1 is 1.30 bits per heavy atom. The molecule has 5 nitrogen and oxygen atoms in total. The Bertz CT molecular complexity index is 290. The molecule has 0 saturated carbocycles. The highest BCUT2D eigenvalue weighted by Gasteiger charge is 2.21. The lowest BCUT2D eigenvalue weighted by molar-refractivity contribution is -0.130. The van der Waals surface area contributed by atoms with E-state index in [1.807, 2.05) is 18.9 Å². The van der Waals surface area contributed by atoms with Crippen LogP contribution < -0.4 is 5.73 Å². The van der Waals surface area contributed by atoms with Crippen LogP contribution in [0, 0.1) is 0 Å². The van der Waals surface area contributed by atoms with Crippen molar-refractivity contribution in [1.82, 2.24) is 14.7 Å². The summed E-state index contributed by atoms with van der Waals surface area (Å²) in [6.07, 6.45) is 3.77. The molecule has 0 spiro atoms. The van der Waals surface area contributed by atoms with Crippen molar-refractivity contribution in [2.24, 2.45) is 5.73 Å². The van der Waals surface area contributed by atoms with E-state index >= 15 is 0 Å². The molecule has 0 aromatic heterocycles. The second-order valence-corrected chi connectivity index (χ2v) is 6.20. The first-order valence-corrected chi connectivity index (χ1v) is 7.82. The van der Waals surface area contributed by atoms with Crippen LogP contribution in [0.5, 0.6) is 0 Å². The number of hydrogen-bond acceptors (Lipinski definition) is 4. The Balaban J connectivity index is 2.25. The Kier molecular flexibility index (Phi) is 7.48. The van der Waals surface area contributed by atoms with E-state index in [9.17, 15) is 4.79 Å². The van der Waals surface area contributed by atoms with E-state index in [1.165, 1.54) is 25.9 Å². The quantitative estimate of drug-likeness (QED) is 0.744. The maximum atomic E-state index is 12.0. The van der Waals surface area contributed by atoms with Gasteiger partial charge in [-0.15, -0.1) is 0 Å². The number of nitrogens with zero attached hydrogens (tertiary/aromatic N) is 3. The van der Waals surface area contributed by atoms with Gasteiger partial charge in [0.1, 0.15) is 0 Å². The molecule has 0 aromatic rings. The van der Waals surface area contributed by atoms with Gasteiger partial charge in [-0.3, -0.25) is 4.79 Å². The van der Waals surface area contributed by atoms with Gasteiger partial charge in [-0.05, 0) is 46.4 Å². The van der Waals surface area contributed by atoms with Crippen molar-refractivity contribution in [2.45, 2.75) is 44.7 Å². The number of piperidine rings is 1. The molecule has 1 fully saturated rings. The van der Waals surface area contributed by atoms with Gasteiger partial charge in [-0.25, -0.2) is 0 Å². The fraction of sp³-hybridized carbons (Fsp3) is 0.933. The summed E-state index contributed by atoms with van der Waals surface area (Å²) in [5.74, 6) is 0.163. The summed E-state index contributed by atoms with van der Waals surface area (Å²) >= 11 is 0. The molecule has 1 heterocycles. The molecule has 20 heavy (non-hydrogen) atoms. The molecule has 1 aliphatic heterocycles. The van der Waals surface area contributed by atoms with E-state index in [1.54, 1.807) is 0 Å². The Morgan fingerprint density at radius 2 is 1.90 bits per heavy atom. The molecule has 5 heteroatoms. The fourth-order valence-electron chi connectivity index (χ4n) is 2.58. The van der Waals surface area contributed by atoms with Crippen molar-refractivity contribution in [3.05, 3.63) is 0 Å². The van der Waals surface area contributed by atoms with Gasteiger partial charge in [-0.1, -0.05) is 6.92 Å². The van der Waals surface area contributed by atoms with Crippen molar-refractivity contribution in [3.8, 4) is 0 Å². The number of carbonyl (C=O) groups is 1. The summed E-state index contributed by atoms with van der Waals surface area (Å²) in [5.41, 5.74) is 5.83. The molecule has 1 aliphatic rings. The van der Waals surface area contributed by atoms with E-state index < -0.39 is 0 Å². The van der Waals surface area contributed by atoms with Gasteiger partial charge < -0.3 is 20.4 Å². The van der Waals surface area contributed by atoms with E-state index in [-0.39, 0.29) is 11.9 Å². The average molecular weight is 284 g/mol. The standard InChI is InChI=1S/C15H32N4O/c1-5-13(16)12-15(20)19(4)11-10-18(3)14-6-8-17(2)9-7-14/h13-14H,5-12,16H2,1-4H3. The van der Waals surface area contributed by atoms with E-state index in [4.69, 9.17) is 5.73 Å². The van der Waals surface area contributed by atoms with E-state index in [0.29, 0.717) is 12.5 Å². The summed E-state index contributed by atoms with van der Waals surface area (Å²) in [6.45, 7) is 6.10.